The number of carbonyl (C=O) groups is 1. The summed E-state index contributed by atoms with van der Waals surface area (Å²) in [6.45, 7) is 5.58. The zero-order valence-corrected chi connectivity index (χ0v) is 15.1. The van der Waals surface area contributed by atoms with Crippen molar-refractivity contribution >= 4 is 26.9 Å². The van der Waals surface area contributed by atoms with E-state index in [1.807, 2.05) is 18.2 Å². The third-order valence-corrected chi connectivity index (χ3v) is 6.34. The molecule has 1 fully saturated rings. The maximum absolute atomic E-state index is 12.4. The van der Waals surface area contributed by atoms with Crippen LogP contribution in [-0.2, 0) is 10.0 Å². The molecule has 0 aliphatic carbocycles. The summed E-state index contributed by atoms with van der Waals surface area (Å²) in [5.41, 5.74) is 0.633. The lowest BCUT2D eigenvalue weighted by molar-refractivity contribution is 0.0930. The third kappa shape index (κ3) is 4.20. The van der Waals surface area contributed by atoms with Crippen LogP contribution < -0.4 is 5.32 Å². The lowest BCUT2D eigenvalue weighted by atomic mass is 10.2. The highest BCUT2D eigenvalue weighted by molar-refractivity contribution is 7.89. The van der Waals surface area contributed by atoms with E-state index < -0.39 is 15.9 Å². The van der Waals surface area contributed by atoms with Gasteiger partial charge in [0.1, 0.15) is 5.58 Å². The number of likely N-dealkylation sites (N-methyl/N-ethyl adjacent to an activating group) is 1. The predicted octanol–water partition coefficient (Wildman–Crippen LogP) is 1.13. The number of amides is 1. The maximum atomic E-state index is 12.4. The maximum Gasteiger partial charge on any atom is 0.287 e. The largest absolute Gasteiger partial charge is 0.451 e. The van der Waals surface area contributed by atoms with Crippen molar-refractivity contribution in [3.05, 3.63) is 36.1 Å². The molecule has 1 aliphatic heterocycles. The van der Waals surface area contributed by atoms with Gasteiger partial charge in [0.2, 0.25) is 10.0 Å². The Balaban J connectivity index is 1.52. The molecule has 136 valence electrons. The summed E-state index contributed by atoms with van der Waals surface area (Å²) in [7, 11) is -3.36. The van der Waals surface area contributed by atoms with Gasteiger partial charge in [-0.3, -0.25) is 4.79 Å². The van der Waals surface area contributed by atoms with Crippen molar-refractivity contribution in [2.75, 3.05) is 45.0 Å². The molecule has 1 aromatic carbocycles. The Hall–Kier alpha value is -1.90. The van der Waals surface area contributed by atoms with Crippen LogP contribution in [0.1, 0.15) is 17.5 Å². The topological polar surface area (TPSA) is 82.9 Å². The van der Waals surface area contributed by atoms with Crippen LogP contribution in [0.2, 0.25) is 0 Å². The monoisotopic (exact) mass is 365 g/mol. The van der Waals surface area contributed by atoms with E-state index in [0.29, 0.717) is 18.7 Å². The van der Waals surface area contributed by atoms with Crippen LogP contribution in [0.4, 0.5) is 0 Å². The van der Waals surface area contributed by atoms with E-state index in [1.165, 1.54) is 4.31 Å². The molecule has 0 saturated carbocycles. The first-order chi connectivity index (χ1) is 12.0. The number of furan rings is 1. The van der Waals surface area contributed by atoms with E-state index in [-0.39, 0.29) is 18.1 Å². The van der Waals surface area contributed by atoms with Crippen LogP contribution in [0.15, 0.2) is 34.7 Å². The first kappa shape index (κ1) is 17.9. The second kappa shape index (κ2) is 7.55. The number of hydrogen-bond donors (Lipinski definition) is 1. The molecule has 1 aromatic heterocycles. The second-order valence-corrected chi connectivity index (χ2v) is 8.14. The molecular weight excluding hydrogens is 342 g/mol. The Kier molecular flexibility index (Phi) is 5.41. The number of rotatable bonds is 6. The number of fused-ring (bicyclic) bond motifs is 1. The minimum atomic E-state index is -3.36. The van der Waals surface area contributed by atoms with Crippen molar-refractivity contribution in [3.63, 3.8) is 0 Å². The Bertz CT molecular complexity index is 805. The van der Waals surface area contributed by atoms with Crippen molar-refractivity contribution in [2.24, 2.45) is 0 Å². The predicted molar refractivity (Wildman–Crippen MR) is 96.0 cm³/mol. The van der Waals surface area contributed by atoms with Crippen molar-refractivity contribution in [3.8, 4) is 0 Å². The van der Waals surface area contributed by atoms with Gasteiger partial charge in [-0.1, -0.05) is 25.1 Å². The van der Waals surface area contributed by atoms with Gasteiger partial charge in [-0.25, -0.2) is 8.42 Å². The molecule has 1 N–H and O–H groups in total. The minimum Gasteiger partial charge on any atom is -0.451 e. The zero-order chi connectivity index (χ0) is 17.9. The van der Waals surface area contributed by atoms with Gasteiger partial charge in [-0.05, 0) is 18.7 Å². The molecule has 3 rings (SSSR count). The van der Waals surface area contributed by atoms with Gasteiger partial charge in [0.15, 0.2) is 5.76 Å². The molecule has 1 saturated heterocycles. The first-order valence-electron chi connectivity index (χ1n) is 8.46. The number of para-hydroxylation sites is 1. The van der Waals surface area contributed by atoms with Gasteiger partial charge in [0, 0.05) is 38.1 Å². The fourth-order valence-electron chi connectivity index (χ4n) is 2.93. The number of nitrogens with zero attached hydrogens (tertiary/aromatic N) is 2. The van der Waals surface area contributed by atoms with E-state index >= 15 is 0 Å². The van der Waals surface area contributed by atoms with Crippen molar-refractivity contribution < 1.29 is 17.6 Å². The van der Waals surface area contributed by atoms with Crippen molar-refractivity contribution in [1.82, 2.24) is 14.5 Å². The molecular formula is C17H23N3O4S. The molecule has 0 radical (unpaired) electrons. The van der Waals surface area contributed by atoms with E-state index in [2.05, 4.69) is 17.1 Å². The fraction of sp³-hybridized carbons (Fsp3) is 0.471. The molecule has 0 bridgehead atoms. The lowest BCUT2D eigenvalue weighted by Crippen LogP contribution is -2.49. The fourth-order valence-corrected chi connectivity index (χ4v) is 4.27. The van der Waals surface area contributed by atoms with Gasteiger partial charge >= 0.3 is 0 Å². The number of benzene rings is 1. The normalized spacial score (nSPS) is 17.0. The van der Waals surface area contributed by atoms with Gasteiger partial charge in [-0.15, -0.1) is 0 Å². The molecule has 0 unspecified atom stereocenters. The highest BCUT2D eigenvalue weighted by Gasteiger charge is 2.26. The molecule has 0 atom stereocenters. The quantitative estimate of drug-likeness (QED) is 0.830. The third-order valence-electron chi connectivity index (χ3n) is 4.47. The van der Waals surface area contributed by atoms with Crippen molar-refractivity contribution in [2.45, 2.75) is 6.92 Å². The van der Waals surface area contributed by atoms with Crippen molar-refractivity contribution in [1.29, 1.82) is 0 Å². The van der Waals surface area contributed by atoms with Gasteiger partial charge in [0.05, 0.1) is 5.75 Å². The molecule has 1 aliphatic rings. The standard InChI is InChI=1S/C17H23N3O4S/c1-2-19-8-10-20(11-9-19)25(22,23)12-7-18-17(21)16-13-14-5-3-4-6-15(14)24-16/h3-6,13H,2,7-12H2,1H3,(H,18,21). The van der Waals surface area contributed by atoms with Crippen LogP contribution in [0, 0.1) is 0 Å². The Labute approximate surface area is 147 Å². The summed E-state index contributed by atoms with van der Waals surface area (Å²) >= 11 is 0. The van der Waals surface area contributed by atoms with Crippen LogP contribution in [0.3, 0.4) is 0 Å². The SMILES string of the molecule is CCN1CCN(S(=O)(=O)CCNC(=O)c2cc3ccccc3o2)CC1. The first-order valence-corrected chi connectivity index (χ1v) is 10.1. The van der Waals surface area contributed by atoms with Gasteiger partial charge in [-0.2, -0.15) is 4.31 Å². The summed E-state index contributed by atoms with van der Waals surface area (Å²) in [4.78, 5) is 14.4. The Morgan fingerprint density at radius 3 is 2.60 bits per heavy atom. The van der Waals surface area contributed by atoms with Crippen LogP contribution in [0.5, 0.6) is 0 Å². The number of piperazine rings is 1. The highest BCUT2D eigenvalue weighted by atomic mass is 32.2. The summed E-state index contributed by atoms with van der Waals surface area (Å²) in [6, 6.07) is 8.99. The number of sulfonamides is 1. The smallest absolute Gasteiger partial charge is 0.287 e. The molecule has 8 heteroatoms. The molecule has 7 nitrogen and oxygen atoms in total. The molecule has 2 aromatic rings. The zero-order valence-electron chi connectivity index (χ0n) is 14.3. The Morgan fingerprint density at radius 1 is 1.20 bits per heavy atom. The number of nitrogens with one attached hydrogen (secondary N) is 1. The van der Waals surface area contributed by atoms with E-state index in [9.17, 15) is 13.2 Å². The Morgan fingerprint density at radius 2 is 1.92 bits per heavy atom. The molecule has 1 amide bonds. The van der Waals surface area contributed by atoms with Gasteiger partial charge < -0.3 is 14.6 Å². The average molecular weight is 365 g/mol. The minimum absolute atomic E-state index is 0.0617. The number of carbonyl (C=O) groups excluding carboxylic acids is 1. The lowest BCUT2D eigenvalue weighted by Gasteiger charge is -2.33. The molecule has 2 heterocycles. The van der Waals surface area contributed by atoms with E-state index in [0.717, 1.165) is 25.0 Å². The van der Waals surface area contributed by atoms with Gasteiger partial charge in [0.25, 0.3) is 5.91 Å². The number of hydrogen-bond acceptors (Lipinski definition) is 5. The second-order valence-electron chi connectivity index (χ2n) is 6.05. The average Bonchev–Trinajstić information content (AvgIpc) is 3.06. The summed E-state index contributed by atoms with van der Waals surface area (Å²) < 4.78 is 31.7. The summed E-state index contributed by atoms with van der Waals surface area (Å²) in [5, 5.41) is 3.47. The molecule has 25 heavy (non-hydrogen) atoms. The van der Waals surface area contributed by atoms with Crippen LogP contribution in [0.25, 0.3) is 11.0 Å². The van der Waals surface area contributed by atoms with E-state index in [4.69, 9.17) is 4.42 Å². The summed E-state index contributed by atoms with van der Waals surface area (Å²) in [5.74, 6) is -0.317. The van der Waals surface area contributed by atoms with E-state index in [1.54, 1.807) is 12.1 Å². The summed E-state index contributed by atoms with van der Waals surface area (Å²) in [6.07, 6.45) is 0. The molecule has 0 spiro atoms. The highest BCUT2D eigenvalue weighted by Crippen LogP contribution is 2.18. The van der Waals surface area contributed by atoms with Crippen LogP contribution in [-0.4, -0.2) is 68.6 Å². The van der Waals surface area contributed by atoms with Crippen LogP contribution >= 0.6 is 0 Å².